The number of amides is 1. The second kappa shape index (κ2) is 5.65. The van der Waals surface area contributed by atoms with Crippen molar-refractivity contribution in [3.63, 3.8) is 0 Å². The third-order valence-corrected chi connectivity index (χ3v) is 3.40. The quantitative estimate of drug-likeness (QED) is 0.775. The van der Waals surface area contributed by atoms with Gasteiger partial charge in [-0.05, 0) is 30.4 Å². The molecule has 0 radical (unpaired) electrons. The first-order chi connectivity index (χ1) is 7.61. The fourth-order valence-electron chi connectivity index (χ4n) is 1.57. The van der Waals surface area contributed by atoms with E-state index in [0.717, 1.165) is 16.9 Å². The number of hydrogen-bond donors (Lipinski definition) is 1. The molecule has 1 aromatic rings. The first-order valence-electron chi connectivity index (χ1n) is 5.09. The Morgan fingerprint density at radius 2 is 2.38 bits per heavy atom. The first-order valence-corrected chi connectivity index (χ1v) is 5.97. The Morgan fingerprint density at radius 1 is 1.69 bits per heavy atom. The van der Waals surface area contributed by atoms with Crippen molar-refractivity contribution in [1.29, 1.82) is 0 Å². The predicted molar refractivity (Wildman–Crippen MR) is 62.5 cm³/mol. The van der Waals surface area contributed by atoms with Crippen LogP contribution in [-0.4, -0.2) is 28.9 Å². The maximum absolute atomic E-state index is 11.2. The Morgan fingerprint density at radius 3 is 2.75 bits per heavy atom. The number of aryl methyl sites for hydroxylation is 1. The van der Waals surface area contributed by atoms with E-state index in [0.29, 0.717) is 13.0 Å². The lowest BCUT2D eigenvalue weighted by molar-refractivity contribution is -0.146. The maximum Gasteiger partial charge on any atom is 0.331 e. The summed E-state index contributed by atoms with van der Waals surface area (Å²) in [6.07, 6.45) is 1.36. The summed E-state index contributed by atoms with van der Waals surface area (Å²) in [7, 11) is 0. The molecule has 4 nitrogen and oxygen atoms in total. The first kappa shape index (κ1) is 12.7. The van der Waals surface area contributed by atoms with Crippen LogP contribution in [0.15, 0.2) is 11.4 Å². The van der Waals surface area contributed by atoms with Crippen molar-refractivity contribution in [2.45, 2.75) is 26.3 Å². The van der Waals surface area contributed by atoms with Crippen molar-refractivity contribution < 1.29 is 14.7 Å². The van der Waals surface area contributed by atoms with Gasteiger partial charge in [0.05, 0.1) is 0 Å². The van der Waals surface area contributed by atoms with Crippen LogP contribution >= 0.6 is 11.3 Å². The lowest BCUT2D eigenvalue weighted by Crippen LogP contribution is -2.33. The fourth-order valence-corrected chi connectivity index (χ4v) is 2.61. The normalized spacial score (nSPS) is 12.1. The molecular formula is C11H15NO3S. The van der Waals surface area contributed by atoms with E-state index in [-0.39, 0.29) is 0 Å². The van der Waals surface area contributed by atoms with Crippen LogP contribution in [0.3, 0.4) is 0 Å². The number of carbonyl (C=O) groups is 2. The molecule has 5 heteroatoms. The van der Waals surface area contributed by atoms with Crippen LogP contribution < -0.4 is 0 Å². The van der Waals surface area contributed by atoms with E-state index in [1.165, 1.54) is 16.2 Å². The van der Waals surface area contributed by atoms with Crippen LogP contribution in [0.4, 0.5) is 0 Å². The lowest BCUT2D eigenvalue weighted by atomic mass is 10.1. The second-order valence-electron chi connectivity index (χ2n) is 3.55. The van der Waals surface area contributed by atoms with Gasteiger partial charge in [0, 0.05) is 11.4 Å². The number of rotatable bonds is 6. The molecule has 0 fully saturated rings. The van der Waals surface area contributed by atoms with Gasteiger partial charge in [-0.1, -0.05) is 6.92 Å². The molecule has 1 amide bonds. The van der Waals surface area contributed by atoms with Gasteiger partial charge in [0.2, 0.25) is 6.41 Å². The summed E-state index contributed by atoms with van der Waals surface area (Å²) < 4.78 is 0. The van der Waals surface area contributed by atoms with E-state index < -0.39 is 12.0 Å². The molecule has 0 aliphatic carbocycles. The highest BCUT2D eigenvalue weighted by atomic mass is 32.1. The van der Waals surface area contributed by atoms with Gasteiger partial charge in [-0.3, -0.25) is 4.79 Å². The minimum Gasteiger partial charge on any atom is -0.479 e. The van der Waals surface area contributed by atoms with Crippen LogP contribution in [0.1, 0.15) is 29.8 Å². The highest BCUT2D eigenvalue weighted by Gasteiger charge is 2.28. The van der Waals surface area contributed by atoms with E-state index >= 15 is 0 Å². The molecule has 0 aromatic carbocycles. The largest absolute Gasteiger partial charge is 0.479 e. The maximum atomic E-state index is 11.2. The molecule has 0 saturated heterocycles. The standard InChI is InChI=1S/C11H15NO3S/c1-3-5-12(7-13)9(11(14)15)10-8(2)4-6-16-10/h4,6-7,9H,3,5H2,1-2H3,(H,14,15). The molecule has 1 N–H and O–H groups in total. The number of nitrogens with zero attached hydrogens (tertiary/aromatic N) is 1. The third kappa shape index (κ3) is 2.61. The summed E-state index contributed by atoms with van der Waals surface area (Å²) in [6, 6.07) is 1.02. The number of carboxylic acids is 1. The molecule has 1 aromatic heterocycles. The van der Waals surface area contributed by atoms with Crippen molar-refractivity contribution in [2.24, 2.45) is 0 Å². The predicted octanol–water partition coefficient (Wildman–Crippen LogP) is 2.05. The summed E-state index contributed by atoms with van der Waals surface area (Å²) in [5.74, 6) is -0.980. The van der Waals surface area contributed by atoms with Crippen LogP contribution in [0, 0.1) is 6.92 Å². The Bertz CT molecular complexity index is 375. The van der Waals surface area contributed by atoms with Gasteiger partial charge in [0.25, 0.3) is 0 Å². The molecule has 16 heavy (non-hydrogen) atoms. The average Bonchev–Trinajstić information content (AvgIpc) is 2.63. The molecule has 1 unspecified atom stereocenters. The Balaban J connectivity index is 3.03. The highest BCUT2D eigenvalue weighted by Crippen LogP contribution is 2.28. The summed E-state index contributed by atoms with van der Waals surface area (Å²) >= 11 is 1.37. The number of aliphatic carboxylic acids is 1. The minimum absolute atomic E-state index is 0.456. The van der Waals surface area contributed by atoms with E-state index in [1.807, 2.05) is 25.3 Å². The molecule has 0 bridgehead atoms. The van der Waals surface area contributed by atoms with Crippen LogP contribution in [0.25, 0.3) is 0 Å². The molecule has 0 aliphatic rings. The zero-order valence-corrected chi connectivity index (χ0v) is 10.2. The van der Waals surface area contributed by atoms with Crippen molar-refractivity contribution in [3.05, 3.63) is 21.9 Å². The van der Waals surface area contributed by atoms with Gasteiger partial charge >= 0.3 is 5.97 Å². The van der Waals surface area contributed by atoms with Crippen LogP contribution in [-0.2, 0) is 9.59 Å². The van der Waals surface area contributed by atoms with Crippen LogP contribution in [0.5, 0.6) is 0 Å². The van der Waals surface area contributed by atoms with Gasteiger partial charge < -0.3 is 10.0 Å². The number of carbonyl (C=O) groups excluding carboxylic acids is 1. The monoisotopic (exact) mass is 241 g/mol. The molecule has 1 heterocycles. The topological polar surface area (TPSA) is 57.6 Å². The Kier molecular flexibility index (Phi) is 4.49. The summed E-state index contributed by atoms with van der Waals surface area (Å²) in [6.45, 7) is 4.23. The smallest absolute Gasteiger partial charge is 0.331 e. The summed E-state index contributed by atoms with van der Waals surface area (Å²) in [4.78, 5) is 24.2. The zero-order chi connectivity index (χ0) is 12.1. The van der Waals surface area contributed by atoms with Crippen molar-refractivity contribution in [3.8, 4) is 0 Å². The van der Waals surface area contributed by atoms with Crippen molar-refractivity contribution >= 4 is 23.7 Å². The molecule has 0 aliphatic heterocycles. The number of hydrogen-bond acceptors (Lipinski definition) is 3. The van der Waals surface area contributed by atoms with E-state index in [9.17, 15) is 14.7 Å². The van der Waals surface area contributed by atoms with E-state index in [2.05, 4.69) is 0 Å². The van der Waals surface area contributed by atoms with Crippen molar-refractivity contribution in [2.75, 3.05) is 6.54 Å². The van der Waals surface area contributed by atoms with E-state index in [1.54, 1.807) is 0 Å². The second-order valence-corrected chi connectivity index (χ2v) is 4.50. The fraction of sp³-hybridized carbons (Fsp3) is 0.455. The number of carboxylic acid groups (broad SMARTS) is 1. The van der Waals surface area contributed by atoms with Gasteiger partial charge in [-0.25, -0.2) is 4.79 Å². The molecule has 0 spiro atoms. The summed E-state index contributed by atoms with van der Waals surface area (Å²) in [5, 5.41) is 11.0. The van der Waals surface area contributed by atoms with Crippen molar-refractivity contribution in [1.82, 2.24) is 4.90 Å². The highest BCUT2D eigenvalue weighted by molar-refractivity contribution is 7.10. The molecule has 1 rings (SSSR count). The molecule has 0 saturated carbocycles. The van der Waals surface area contributed by atoms with Gasteiger partial charge in [0.1, 0.15) is 0 Å². The summed E-state index contributed by atoms with van der Waals surface area (Å²) in [5.41, 5.74) is 0.917. The minimum atomic E-state index is -0.980. The zero-order valence-electron chi connectivity index (χ0n) is 9.34. The lowest BCUT2D eigenvalue weighted by Gasteiger charge is -2.24. The third-order valence-electron chi connectivity index (χ3n) is 2.33. The SMILES string of the molecule is CCCN(C=O)C(C(=O)O)c1sccc1C. The molecular weight excluding hydrogens is 226 g/mol. The Hall–Kier alpha value is -1.36. The molecule has 1 atom stereocenters. The van der Waals surface area contributed by atoms with Gasteiger partial charge in [0.15, 0.2) is 6.04 Å². The van der Waals surface area contributed by atoms with Gasteiger partial charge in [-0.2, -0.15) is 0 Å². The van der Waals surface area contributed by atoms with E-state index in [4.69, 9.17) is 0 Å². The number of thiophene rings is 1. The Labute approximate surface area is 98.5 Å². The van der Waals surface area contributed by atoms with Crippen LogP contribution in [0.2, 0.25) is 0 Å². The van der Waals surface area contributed by atoms with Gasteiger partial charge in [-0.15, -0.1) is 11.3 Å². The average molecular weight is 241 g/mol. The molecule has 88 valence electrons.